The molecule has 80 valence electrons. The van der Waals surface area contributed by atoms with E-state index < -0.39 is 0 Å². The quantitative estimate of drug-likeness (QED) is 0.456. The van der Waals surface area contributed by atoms with Crippen LogP contribution < -0.4 is 0 Å². The topological polar surface area (TPSA) is 12.4 Å². The van der Waals surface area contributed by atoms with Crippen molar-refractivity contribution in [2.45, 2.75) is 18.9 Å². The highest BCUT2D eigenvalue weighted by Crippen LogP contribution is 2.30. The van der Waals surface area contributed by atoms with Crippen LogP contribution in [0, 0.1) is 0 Å². The molecule has 1 aromatic carbocycles. The molecule has 0 amide bonds. The summed E-state index contributed by atoms with van der Waals surface area (Å²) < 4.78 is 1.03. The number of benzene rings is 1. The van der Waals surface area contributed by atoms with E-state index in [4.69, 9.17) is 11.6 Å². The second-order valence-electron chi connectivity index (χ2n) is 3.43. The lowest BCUT2D eigenvalue weighted by atomic mass is 9.90. The van der Waals surface area contributed by atoms with Gasteiger partial charge in [-0.15, -0.1) is 11.6 Å². The minimum absolute atomic E-state index is 0.368. The maximum atomic E-state index is 5.78. The van der Waals surface area contributed by atoms with Gasteiger partial charge in [0, 0.05) is 10.4 Å². The normalized spacial score (nSPS) is 14.1. The Morgan fingerprint density at radius 1 is 1.60 bits per heavy atom. The molecule has 0 fully saturated rings. The lowest BCUT2D eigenvalue weighted by molar-refractivity contribution is 0.486. The second-order valence-corrected chi connectivity index (χ2v) is 4.90. The predicted octanol–water partition coefficient (Wildman–Crippen LogP) is 4.40. The van der Waals surface area contributed by atoms with Gasteiger partial charge < -0.3 is 0 Å². The highest BCUT2D eigenvalue weighted by molar-refractivity contribution is 9.10. The highest BCUT2D eigenvalue weighted by atomic mass is 79.9. The zero-order chi connectivity index (χ0) is 11.3. The van der Waals surface area contributed by atoms with Crippen molar-refractivity contribution in [2.75, 3.05) is 5.88 Å². The number of rotatable bonds is 4. The van der Waals surface area contributed by atoms with E-state index in [9.17, 15) is 0 Å². The lowest BCUT2D eigenvalue weighted by Crippen LogP contribution is -2.19. The second kappa shape index (κ2) is 5.76. The van der Waals surface area contributed by atoms with Crippen LogP contribution >= 0.6 is 39.7 Å². The summed E-state index contributed by atoms with van der Waals surface area (Å²) in [6.45, 7) is 2.01. The molecule has 0 N–H and O–H groups in total. The van der Waals surface area contributed by atoms with E-state index in [-0.39, 0.29) is 5.54 Å². The van der Waals surface area contributed by atoms with E-state index in [0.29, 0.717) is 5.88 Å². The minimum atomic E-state index is -0.368. The van der Waals surface area contributed by atoms with Crippen molar-refractivity contribution in [3.05, 3.63) is 34.3 Å². The van der Waals surface area contributed by atoms with Crippen molar-refractivity contribution in [3.8, 4) is 0 Å². The molecule has 0 saturated carbocycles. The molecule has 1 aromatic rings. The van der Waals surface area contributed by atoms with Crippen molar-refractivity contribution in [1.82, 2.24) is 0 Å². The lowest BCUT2D eigenvalue weighted by Gasteiger charge is -2.23. The van der Waals surface area contributed by atoms with Gasteiger partial charge in [-0.05, 0) is 43.3 Å². The molecule has 0 saturated heterocycles. The highest BCUT2D eigenvalue weighted by Gasteiger charge is 2.24. The zero-order valence-corrected chi connectivity index (χ0v) is 11.5. The van der Waals surface area contributed by atoms with Gasteiger partial charge in [0.15, 0.2) is 0 Å². The van der Waals surface area contributed by atoms with Crippen LogP contribution in [0.1, 0.15) is 18.9 Å². The Bertz CT molecular complexity index is 390. The molecule has 1 nitrogen and oxygen atoms in total. The first kappa shape index (κ1) is 12.9. The number of halogens is 2. The van der Waals surface area contributed by atoms with E-state index in [1.165, 1.54) is 0 Å². The third-order valence-corrected chi connectivity index (χ3v) is 3.09. The summed E-state index contributed by atoms with van der Waals surface area (Å²) in [4.78, 5) is 4.22. The van der Waals surface area contributed by atoms with E-state index in [1.807, 2.05) is 31.2 Å². The summed E-state index contributed by atoms with van der Waals surface area (Å²) in [5.74, 6) is 0.545. The summed E-state index contributed by atoms with van der Waals surface area (Å²) in [6, 6.07) is 8.01. The Morgan fingerprint density at radius 3 is 2.87 bits per heavy atom. The Labute approximate surface area is 109 Å². The van der Waals surface area contributed by atoms with Crippen molar-refractivity contribution in [2.24, 2.45) is 4.99 Å². The van der Waals surface area contributed by atoms with Gasteiger partial charge in [-0.3, -0.25) is 0 Å². The van der Waals surface area contributed by atoms with Crippen LogP contribution in [-0.2, 0) is 5.54 Å². The Morgan fingerprint density at radius 2 is 2.33 bits per heavy atom. The minimum Gasteiger partial charge on any atom is -0.221 e. The molecule has 15 heavy (non-hydrogen) atoms. The van der Waals surface area contributed by atoms with Crippen LogP contribution in [0.15, 0.2) is 33.7 Å². The fourth-order valence-corrected chi connectivity index (χ4v) is 2.34. The van der Waals surface area contributed by atoms with Crippen LogP contribution in [0.3, 0.4) is 0 Å². The number of hydrogen-bond donors (Lipinski definition) is 0. The van der Waals surface area contributed by atoms with Gasteiger partial charge in [0.2, 0.25) is 0 Å². The van der Waals surface area contributed by atoms with Crippen LogP contribution in [0.2, 0.25) is 0 Å². The molecule has 1 atom stereocenters. The van der Waals surface area contributed by atoms with Gasteiger partial charge in [-0.25, -0.2) is 4.99 Å². The van der Waals surface area contributed by atoms with Crippen molar-refractivity contribution in [3.63, 3.8) is 0 Å². The molecule has 0 aliphatic rings. The van der Waals surface area contributed by atoms with Gasteiger partial charge in [0.25, 0.3) is 0 Å². The number of hydrogen-bond acceptors (Lipinski definition) is 2. The number of aliphatic imine (C=N–C) groups is 1. The van der Waals surface area contributed by atoms with Crippen molar-refractivity contribution >= 4 is 44.9 Å². The molecular weight excluding hydrogens is 294 g/mol. The third kappa shape index (κ3) is 3.39. The summed E-state index contributed by atoms with van der Waals surface area (Å²) in [6.07, 6.45) is 0.745. The van der Waals surface area contributed by atoms with E-state index in [1.54, 1.807) is 0 Å². The molecule has 0 aliphatic carbocycles. The fourth-order valence-electron chi connectivity index (χ4n) is 1.37. The van der Waals surface area contributed by atoms with Crippen LogP contribution in [-0.4, -0.2) is 11.0 Å². The van der Waals surface area contributed by atoms with Gasteiger partial charge >= 0.3 is 0 Å². The van der Waals surface area contributed by atoms with Crippen LogP contribution in [0.5, 0.6) is 0 Å². The Hall–Kier alpha value is -0.210. The number of isothiocyanates is 1. The van der Waals surface area contributed by atoms with Gasteiger partial charge in [0.05, 0.1) is 10.7 Å². The molecule has 0 aliphatic heterocycles. The van der Waals surface area contributed by atoms with E-state index in [2.05, 4.69) is 38.3 Å². The summed E-state index contributed by atoms with van der Waals surface area (Å²) in [5, 5.41) is 2.45. The molecule has 0 radical (unpaired) electrons. The first-order chi connectivity index (χ1) is 7.12. The van der Waals surface area contributed by atoms with Crippen LogP contribution in [0.4, 0.5) is 0 Å². The smallest absolute Gasteiger partial charge is 0.0943 e. The summed E-state index contributed by atoms with van der Waals surface area (Å²) in [5.41, 5.74) is 0.725. The van der Waals surface area contributed by atoms with Crippen molar-refractivity contribution < 1.29 is 0 Å². The van der Waals surface area contributed by atoms with E-state index >= 15 is 0 Å². The van der Waals surface area contributed by atoms with Crippen molar-refractivity contribution in [1.29, 1.82) is 0 Å². The third-order valence-electron chi connectivity index (χ3n) is 2.32. The average Bonchev–Trinajstić information content (AvgIpc) is 2.18. The molecule has 0 heterocycles. The number of thiocarbonyl (C=S) groups is 1. The SMILES string of the molecule is C[C@@](CCCl)(N=C=S)c1cccc(Br)c1. The first-order valence-electron chi connectivity index (χ1n) is 4.53. The first-order valence-corrected chi connectivity index (χ1v) is 6.27. The maximum Gasteiger partial charge on any atom is 0.0943 e. The monoisotopic (exact) mass is 303 g/mol. The molecule has 0 spiro atoms. The predicted molar refractivity (Wildman–Crippen MR) is 71.9 cm³/mol. The largest absolute Gasteiger partial charge is 0.221 e. The Kier molecular flexibility index (Phi) is 4.94. The van der Waals surface area contributed by atoms with Gasteiger partial charge in [0.1, 0.15) is 0 Å². The van der Waals surface area contributed by atoms with Crippen LogP contribution in [0.25, 0.3) is 0 Å². The van der Waals surface area contributed by atoms with Gasteiger partial charge in [-0.2, -0.15) is 0 Å². The average molecular weight is 305 g/mol. The summed E-state index contributed by atoms with van der Waals surface area (Å²) in [7, 11) is 0. The molecule has 0 unspecified atom stereocenters. The van der Waals surface area contributed by atoms with E-state index in [0.717, 1.165) is 16.5 Å². The maximum absolute atomic E-state index is 5.78. The number of alkyl halides is 1. The Balaban J connectivity index is 3.14. The van der Waals surface area contributed by atoms with Gasteiger partial charge in [-0.1, -0.05) is 28.1 Å². The molecule has 4 heteroatoms. The molecule has 1 rings (SSSR count). The number of nitrogens with zero attached hydrogens (tertiary/aromatic N) is 1. The standard InChI is InChI=1S/C11H11BrClNS/c1-11(5-6-13,14-8-15)9-3-2-4-10(12)7-9/h2-4,7H,5-6H2,1H3/t11-/m0/s1. The molecule has 0 bridgehead atoms. The zero-order valence-electron chi connectivity index (χ0n) is 8.34. The molecule has 0 aromatic heterocycles. The summed E-state index contributed by atoms with van der Waals surface area (Å²) >= 11 is 13.9. The molecular formula is C11H11BrClNS. The fraction of sp³-hybridized carbons (Fsp3) is 0.364.